The van der Waals surface area contributed by atoms with Gasteiger partial charge in [0.1, 0.15) is 0 Å². The maximum atomic E-state index is 12.8. The van der Waals surface area contributed by atoms with E-state index in [-0.39, 0.29) is 5.56 Å². The lowest BCUT2D eigenvalue weighted by Crippen LogP contribution is -2.30. The van der Waals surface area contributed by atoms with Gasteiger partial charge in [0, 0.05) is 0 Å². The van der Waals surface area contributed by atoms with Gasteiger partial charge in [-0.2, -0.15) is 5.26 Å². The second-order valence-corrected chi connectivity index (χ2v) is 3.17. The molecule has 1 aromatic rings. The topological polar surface area (TPSA) is 61.1 Å². The molecule has 0 amide bonds. The maximum Gasteiger partial charge on any atom is 0.328 e. The van der Waals surface area contributed by atoms with E-state index in [2.05, 4.69) is 0 Å². The lowest BCUT2D eigenvalue weighted by molar-refractivity contribution is -0.141. The molecule has 0 saturated heterocycles. The van der Waals surface area contributed by atoms with E-state index >= 15 is 0 Å². The third-order valence-corrected chi connectivity index (χ3v) is 2.15. The zero-order chi connectivity index (χ0) is 11.6. The van der Waals surface area contributed by atoms with Gasteiger partial charge in [0.05, 0.1) is 6.07 Å². The number of carbonyl (C=O) groups is 1. The summed E-state index contributed by atoms with van der Waals surface area (Å²) >= 11 is 0. The third kappa shape index (κ3) is 1.79. The number of carboxylic acid groups (broad SMARTS) is 1. The fraction of sp³-hybridized carbons (Fsp3) is 0.200. The summed E-state index contributed by atoms with van der Waals surface area (Å²) < 4.78 is 25.4. The zero-order valence-electron chi connectivity index (χ0n) is 7.79. The van der Waals surface area contributed by atoms with E-state index in [0.717, 1.165) is 19.1 Å². The summed E-state index contributed by atoms with van der Waals surface area (Å²) in [4.78, 5) is 10.8. The maximum absolute atomic E-state index is 12.8. The number of hydrogen-bond acceptors (Lipinski definition) is 2. The van der Waals surface area contributed by atoms with Gasteiger partial charge in [-0.3, -0.25) is 4.79 Å². The van der Waals surface area contributed by atoms with Crippen LogP contribution in [0.1, 0.15) is 12.5 Å². The van der Waals surface area contributed by atoms with Crippen LogP contribution in [0.25, 0.3) is 0 Å². The SMILES string of the molecule is CC(C#N)(C(=O)O)c1ccc(F)c(F)c1. The fourth-order valence-corrected chi connectivity index (χ4v) is 1.04. The van der Waals surface area contributed by atoms with Crippen molar-refractivity contribution in [3.8, 4) is 6.07 Å². The van der Waals surface area contributed by atoms with Crippen molar-refractivity contribution in [1.82, 2.24) is 0 Å². The van der Waals surface area contributed by atoms with Crippen LogP contribution in [0, 0.1) is 23.0 Å². The number of hydrogen-bond donors (Lipinski definition) is 1. The van der Waals surface area contributed by atoms with Crippen molar-refractivity contribution in [2.45, 2.75) is 12.3 Å². The number of halogens is 2. The average molecular weight is 211 g/mol. The van der Waals surface area contributed by atoms with E-state index in [1.54, 1.807) is 6.07 Å². The summed E-state index contributed by atoms with van der Waals surface area (Å²) in [5.41, 5.74) is -1.95. The molecule has 1 N–H and O–H groups in total. The Kier molecular flexibility index (Phi) is 2.71. The Morgan fingerprint density at radius 3 is 2.47 bits per heavy atom. The molecule has 0 radical (unpaired) electrons. The van der Waals surface area contributed by atoms with Crippen LogP contribution in [0.5, 0.6) is 0 Å². The number of aliphatic carboxylic acids is 1. The highest BCUT2D eigenvalue weighted by atomic mass is 19.2. The molecular weight excluding hydrogens is 204 g/mol. The highest BCUT2D eigenvalue weighted by molar-refractivity contribution is 5.84. The Labute approximate surface area is 84.6 Å². The monoisotopic (exact) mass is 211 g/mol. The number of rotatable bonds is 2. The van der Waals surface area contributed by atoms with Crippen LogP contribution in [0.2, 0.25) is 0 Å². The lowest BCUT2D eigenvalue weighted by Gasteiger charge is -2.16. The van der Waals surface area contributed by atoms with Gasteiger partial charge in [-0.1, -0.05) is 6.07 Å². The van der Waals surface area contributed by atoms with Crippen molar-refractivity contribution >= 4 is 5.97 Å². The van der Waals surface area contributed by atoms with Gasteiger partial charge in [0.25, 0.3) is 0 Å². The van der Waals surface area contributed by atoms with E-state index in [1.165, 1.54) is 0 Å². The Morgan fingerprint density at radius 1 is 1.47 bits per heavy atom. The first-order chi connectivity index (χ1) is 6.91. The minimum atomic E-state index is -1.87. The average Bonchev–Trinajstić information content (AvgIpc) is 2.20. The minimum Gasteiger partial charge on any atom is -0.480 e. The molecule has 1 unspecified atom stereocenters. The van der Waals surface area contributed by atoms with Gasteiger partial charge >= 0.3 is 5.97 Å². The van der Waals surface area contributed by atoms with Gasteiger partial charge in [0.2, 0.25) is 0 Å². The van der Waals surface area contributed by atoms with Crippen molar-refractivity contribution in [1.29, 1.82) is 5.26 Å². The van der Waals surface area contributed by atoms with Crippen molar-refractivity contribution < 1.29 is 18.7 Å². The van der Waals surface area contributed by atoms with Crippen LogP contribution in [0.15, 0.2) is 18.2 Å². The molecule has 1 atom stereocenters. The van der Waals surface area contributed by atoms with E-state index in [0.29, 0.717) is 6.07 Å². The van der Waals surface area contributed by atoms with Gasteiger partial charge in [-0.15, -0.1) is 0 Å². The van der Waals surface area contributed by atoms with Crippen molar-refractivity contribution in [3.05, 3.63) is 35.4 Å². The first-order valence-corrected chi connectivity index (χ1v) is 4.02. The highest BCUT2D eigenvalue weighted by Gasteiger charge is 2.35. The molecule has 0 bridgehead atoms. The zero-order valence-corrected chi connectivity index (χ0v) is 7.79. The summed E-state index contributed by atoms with van der Waals surface area (Å²) in [6.45, 7) is 1.13. The fourth-order valence-electron chi connectivity index (χ4n) is 1.04. The molecular formula is C10H7F2NO2. The van der Waals surface area contributed by atoms with E-state index < -0.39 is 23.0 Å². The quantitative estimate of drug-likeness (QED) is 0.811. The first-order valence-electron chi connectivity index (χ1n) is 4.02. The van der Waals surface area contributed by atoms with Crippen LogP contribution in [-0.2, 0) is 10.2 Å². The highest BCUT2D eigenvalue weighted by Crippen LogP contribution is 2.24. The third-order valence-electron chi connectivity index (χ3n) is 2.15. The molecule has 15 heavy (non-hydrogen) atoms. The summed E-state index contributed by atoms with van der Waals surface area (Å²) in [7, 11) is 0. The van der Waals surface area contributed by atoms with Gasteiger partial charge in [0.15, 0.2) is 17.0 Å². The smallest absolute Gasteiger partial charge is 0.328 e. The number of nitriles is 1. The predicted molar refractivity (Wildman–Crippen MR) is 47.0 cm³/mol. The minimum absolute atomic E-state index is 0.0867. The summed E-state index contributed by atoms with van der Waals surface area (Å²) in [5.74, 6) is -3.66. The molecule has 5 heteroatoms. The molecule has 3 nitrogen and oxygen atoms in total. The molecule has 1 aromatic carbocycles. The second kappa shape index (κ2) is 3.65. The summed E-state index contributed by atoms with van der Waals surface area (Å²) in [5, 5.41) is 17.5. The number of carboxylic acids is 1. The van der Waals surface area contributed by atoms with Crippen LogP contribution in [-0.4, -0.2) is 11.1 Å². The molecule has 0 saturated carbocycles. The Morgan fingerprint density at radius 2 is 2.07 bits per heavy atom. The standard InChI is InChI=1S/C10H7F2NO2/c1-10(5-13,9(14)15)6-2-3-7(11)8(12)4-6/h2-4H,1H3,(H,14,15). The molecule has 0 aromatic heterocycles. The van der Waals surface area contributed by atoms with Crippen molar-refractivity contribution in [2.75, 3.05) is 0 Å². The van der Waals surface area contributed by atoms with Crippen molar-refractivity contribution in [3.63, 3.8) is 0 Å². The van der Waals surface area contributed by atoms with Crippen LogP contribution >= 0.6 is 0 Å². The summed E-state index contributed by atoms with van der Waals surface area (Å²) in [6, 6.07) is 4.14. The summed E-state index contributed by atoms with van der Waals surface area (Å²) in [6.07, 6.45) is 0. The van der Waals surface area contributed by atoms with E-state index in [1.807, 2.05) is 0 Å². The Hall–Kier alpha value is -1.96. The van der Waals surface area contributed by atoms with Crippen LogP contribution < -0.4 is 0 Å². The molecule has 1 rings (SSSR count). The molecule has 0 aliphatic carbocycles. The second-order valence-electron chi connectivity index (χ2n) is 3.17. The normalized spacial score (nSPS) is 14.0. The largest absolute Gasteiger partial charge is 0.480 e. The number of nitrogens with zero attached hydrogens (tertiary/aromatic N) is 1. The molecule has 0 fully saturated rings. The molecule has 0 spiro atoms. The lowest BCUT2D eigenvalue weighted by atomic mass is 9.84. The Bertz CT molecular complexity index is 453. The molecule has 78 valence electrons. The van der Waals surface area contributed by atoms with Crippen LogP contribution in [0.3, 0.4) is 0 Å². The Balaban J connectivity index is 3.33. The van der Waals surface area contributed by atoms with Crippen LogP contribution in [0.4, 0.5) is 8.78 Å². The van der Waals surface area contributed by atoms with Gasteiger partial charge < -0.3 is 5.11 Å². The first kappa shape index (κ1) is 11.1. The molecule has 0 aliphatic heterocycles. The van der Waals surface area contributed by atoms with Crippen molar-refractivity contribution in [2.24, 2.45) is 0 Å². The van der Waals surface area contributed by atoms with E-state index in [9.17, 15) is 13.6 Å². The predicted octanol–water partition coefficient (Wildman–Crippen LogP) is 1.83. The molecule has 0 aliphatic rings. The number of benzene rings is 1. The molecule has 0 heterocycles. The van der Waals surface area contributed by atoms with E-state index in [4.69, 9.17) is 10.4 Å². The van der Waals surface area contributed by atoms with Gasteiger partial charge in [-0.25, -0.2) is 8.78 Å². The van der Waals surface area contributed by atoms with Gasteiger partial charge in [-0.05, 0) is 24.6 Å².